The molecular formula is C18H20N2O3. The zero-order valence-corrected chi connectivity index (χ0v) is 12.9. The Bertz CT molecular complexity index is 698. The van der Waals surface area contributed by atoms with Crippen LogP contribution in [0.3, 0.4) is 0 Å². The van der Waals surface area contributed by atoms with E-state index in [0.717, 1.165) is 24.1 Å². The summed E-state index contributed by atoms with van der Waals surface area (Å²) in [4.78, 5) is 14.5. The zero-order chi connectivity index (χ0) is 15.9. The summed E-state index contributed by atoms with van der Waals surface area (Å²) in [5.74, 6) is 0.363. The van der Waals surface area contributed by atoms with Crippen molar-refractivity contribution in [2.24, 2.45) is 0 Å². The maximum atomic E-state index is 12.7. The summed E-state index contributed by atoms with van der Waals surface area (Å²) < 4.78 is 5.02. The molecule has 0 radical (unpaired) electrons. The van der Waals surface area contributed by atoms with Gasteiger partial charge < -0.3 is 14.5 Å². The van der Waals surface area contributed by atoms with Gasteiger partial charge in [-0.25, -0.2) is 0 Å². The number of hydrogen-bond acceptors (Lipinski definition) is 4. The van der Waals surface area contributed by atoms with Gasteiger partial charge in [0.2, 0.25) is 0 Å². The summed E-state index contributed by atoms with van der Waals surface area (Å²) in [5.41, 5.74) is 1.48. The highest BCUT2D eigenvalue weighted by molar-refractivity contribution is 5.95. The van der Waals surface area contributed by atoms with E-state index >= 15 is 0 Å². The quantitative estimate of drug-likeness (QED) is 0.946. The first-order valence-electron chi connectivity index (χ1n) is 8.19. The number of rotatable bonds is 3. The Balaban J connectivity index is 1.47. The molecule has 1 aromatic carbocycles. The molecule has 0 spiro atoms. The van der Waals surface area contributed by atoms with Crippen molar-refractivity contribution in [2.75, 3.05) is 13.1 Å². The summed E-state index contributed by atoms with van der Waals surface area (Å²) in [7, 11) is 0. The number of hydrogen-bond donors (Lipinski definition) is 1. The lowest BCUT2D eigenvalue weighted by molar-refractivity contribution is -0.0211. The second-order valence-electron chi connectivity index (χ2n) is 6.58. The average molecular weight is 312 g/mol. The van der Waals surface area contributed by atoms with Gasteiger partial charge in [-0.3, -0.25) is 4.79 Å². The number of benzene rings is 1. The van der Waals surface area contributed by atoms with Crippen molar-refractivity contribution < 1.29 is 14.4 Å². The predicted octanol–water partition coefficient (Wildman–Crippen LogP) is 2.68. The number of carbonyl (C=O) groups is 1. The highest BCUT2D eigenvalue weighted by Crippen LogP contribution is 2.41. The van der Waals surface area contributed by atoms with E-state index < -0.39 is 5.60 Å². The van der Waals surface area contributed by atoms with Gasteiger partial charge in [0.05, 0.1) is 11.3 Å². The summed E-state index contributed by atoms with van der Waals surface area (Å²) in [6, 6.07) is 9.70. The fourth-order valence-electron chi connectivity index (χ4n) is 3.34. The molecule has 23 heavy (non-hydrogen) atoms. The number of carbonyl (C=O) groups excluding carboxylic acids is 1. The Kier molecular flexibility index (Phi) is 3.45. The molecule has 5 heteroatoms. The van der Waals surface area contributed by atoms with Crippen LogP contribution in [0.4, 0.5) is 0 Å². The number of likely N-dealkylation sites (tertiary alicyclic amines) is 1. The molecule has 4 rings (SSSR count). The lowest BCUT2D eigenvalue weighted by Crippen LogP contribution is -2.45. The maximum Gasteiger partial charge on any atom is 0.259 e. The summed E-state index contributed by atoms with van der Waals surface area (Å²) in [6.07, 6.45) is 4.73. The van der Waals surface area contributed by atoms with Crippen LogP contribution in [-0.2, 0) is 5.60 Å². The van der Waals surface area contributed by atoms with Crippen molar-refractivity contribution >= 4 is 5.91 Å². The molecule has 1 aromatic heterocycles. The van der Waals surface area contributed by atoms with Gasteiger partial charge in [0.25, 0.3) is 5.91 Å². The van der Waals surface area contributed by atoms with E-state index in [1.807, 2.05) is 30.3 Å². The molecule has 0 atom stereocenters. The van der Waals surface area contributed by atoms with Gasteiger partial charge in [-0.05, 0) is 31.2 Å². The van der Waals surface area contributed by atoms with Crippen LogP contribution in [0.15, 0.2) is 41.1 Å². The van der Waals surface area contributed by atoms with Gasteiger partial charge in [0, 0.05) is 19.0 Å². The summed E-state index contributed by atoms with van der Waals surface area (Å²) >= 11 is 0. The predicted molar refractivity (Wildman–Crippen MR) is 84.0 cm³/mol. The smallest absolute Gasteiger partial charge is 0.259 e. The van der Waals surface area contributed by atoms with Gasteiger partial charge in [0.1, 0.15) is 11.8 Å². The van der Waals surface area contributed by atoms with Crippen LogP contribution >= 0.6 is 0 Å². The lowest BCUT2D eigenvalue weighted by atomic mass is 9.84. The second kappa shape index (κ2) is 5.49. The van der Waals surface area contributed by atoms with Crippen molar-refractivity contribution in [3.63, 3.8) is 0 Å². The normalized spacial score (nSPS) is 20.5. The molecule has 5 nitrogen and oxygen atoms in total. The van der Waals surface area contributed by atoms with E-state index in [4.69, 9.17) is 4.52 Å². The van der Waals surface area contributed by atoms with E-state index in [0.29, 0.717) is 37.4 Å². The molecular weight excluding hydrogens is 292 g/mol. The van der Waals surface area contributed by atoms with Crippen molar-refractivity contribution in [3.8, 4) is 0 Å². The summed E-state index contributed by atoms with van der Waals surface area (Å²) in [5, 5.41) is 14.9. The van der Waals surface area contributed by atoms with Gasteiger partial charge in [-0.1, -0.05) is 35.5 Å². The number of nitrogens with zero attached hydrogens (tertiary/aromatic N) is 2. The van der Waals surface area contributed by atoms with Gasteiger partial charge in [-0.2, -0.15) is 0 Å². The zero-order valence-electron chi connectivity index (χ0n) is 12.9. The monoisotopic (exact) mass is 312 g/mol. The first-order valence-corrected chi connectivity index (χ1v) is 8.19. The molecule has 2 fully saturated rings. The first kappa shape index (κ1) is 14.5. The highest BCUT2D eigenvalue weighted by Gasteiger charge is 2.38. The molecule has 0 bridgehead atoms. The van der Waals surface area contributed by atoms with Crippen LogP contribution < -0.4 is 0 Å². The van der Waals surface area contributed by atoms with Crippen LogP contribution in [0, 0.1) is 0 Å². The molecule has 1 saturated heterocycles. The Morgan fingerprint density at radius 2 is 1.91 bits per heavy atom. The van der Waals surface area contributed by atoms with E-state index in [9.17, 15) is 9.90 Å². The van der Waals surface area contributed by atoms with Crippen LogP contribution in [0.2, 0.25) is 0 Å². The molecule has 1 aliphatic heterocycles. The first-order chi connectivity index (χ1) is 11.2. The third-order valence-corrected chi connectivity index (χ3v) is 4.98. The van der Waals surface area contributed by atoms with E-state index in [2.05, 4.69) is 5.16 Å². The van der Waals surface area contributed by atoms with E-state index in [1.54, 1.807) is 4.90 Å². The van der Waals surface area contributed by atoms with E-state index in [-0.39, 0.29) is 5.91 Å². The minimum Gasteiger partial charge on any atom is -0.385 e. The molecule has 2 aromatic rings. The SMILES string of the molecule is O=C(c1conc1C1CC1)N1CCC(O)(c2ccccc2)CC1. The van der Waals surface area contributed by atoms with Crippen molar-refractivity contribution in [2.45, 2.75) is 37.2 Å². The van der Waals surface area contributed by atoms with Crippen molar-refractivity contribution in [1.29, 1.82) is 0 Å². The molecule has 2 aliphatic rings. The molecule has 0 unspecified atom stereocenters. The standard InChI is InChI=1S/C18H20N2O3/c21-17(15-12-23-19-16(15)13-6-7-13)20-10-8-18(22,9-11-20)14-4-2-1-3-5-14/h1-5,12-13,22H,6-11H2. The van der Waals surface area contributed by atoms with Gasteiger partial charge >= 0.3 is 0 Å². The average Bonchev–Trinajstić information content (AvgIpc) is 3.32. The maximum absolute atomic E-state index is 12.7. The third-order valence-electron chi connectivity index (χ3n) is 4.98. The topological polar surface area (TPSA) is 66.6 Å². The third kappa shape index (κ3) is 2.65. The fourth-order valence-corrected chi connectivity index (χ4v) is 3.34. The van der Waals surface area contributed by atoms with Crippen LogP contribution in [-0.4, -0.2) is 34.2 Å². The number of aromatic nitrogens is 1. The van der Waals surface area contributed by atoms with Gasteiger partial charge in [0.15, 0.2) is 0 Å². The minimum atomic E-state index is -0.841. The Morgan fingerprint density at radius 1 is 1.22 bits per heavy atom. The number of piperidine rings is 1. The van der Waals surface area contributed by atoms with Crippen LogP contribution in [0.1, 0.15) is 53.2 Å². The Morgan fingerprint density at radius 3 is 2.57 bits per heavy atom. The number of aliphatic hydroxyl groups is 1. The van der Waals surface area contributed by atoms with Crippen LogP contribution in [0.5, 0.6) is 0 Å². The lowest BCUT2D eigenvalue weighted by Gasteiger charge is -2.38. The number of amides is 1. The molecule has 1 N–H and O–H groups in total. The molecule has 2 heterocycles. The van der Waals surface area contributed by atoms with Gasteiger partial charge in [-0.15, -0.1) is 0 Å². The molecule has 120 valence electrons. The Labute approximate surface area is 134 Å². The Hall–Kier alpha value is -2.14. The van der Waals surface area contributed by atoms with E-state index in [1.165, 1.54) is 6.26 Å². The molecule has 1 saturated carbocycles. The van der Waals surface area contributed by atoms with Crippen molar-refractivity contribution in [3.05, 3.63) is 53.4 Å². The van der Waals surface area contributed by atoms with Crippen LogP contribution in [0.25, 0.3) is 0 Å². The molecule has 1 aliphatic carbocycles. The van der Waals surface area contributed by atoms with Crippen molar-refractivity contribution in [1.82, 2.24) is 10.1 Å². The minimum absolute atomic E-state index is 0.0248. The summed E-state index contributed by atoms with van der Waals surface area (Å²) in [6.45, 7) is 1.08. The highest BCUT2D eigenvalue weighted by atomic mass is 16.5. The second-order valence-corrected chi connectivity index (χ2v) is 6.58. The fraction of sp³-hybridized carbons (Fsp3) is 0.444. The largest absolute Gasteiger partial charge is 0.385 e. The molecule has 1 amide bonds.